The average molecular weight is 229 g/mol. The van der Waals surface area contributed by atoms with E-state index in [0.29, 0.717) is 12.0 Å². The molecule has 0 aromatic rings. The summed E-state index contributed by atoms with van der Waals surface area (Å²) < 4.78 is 5.19. The van der Waals surface area contributed by atoms with E-state index in [1.54, 1.807) is 13.8 Å². The van der Waals surface area contributed by atoms with E-state index in [1.807, 2.05) is 20.8 Å². The minimum Gasteiger partial charge on any atom is -0.443 e. The van der Waals surface area contributed by atoms with Crippen molar-refractivity contribution >= 4 is 5.97 Å². The maximum absolute atomic E-state index is 11.3. The number of aliphatic hydroxyl groups is 1. The molecule has 0 aliphatic heterocycles. The molecule has 0 aliphatic carbocycles. The molecular formula is C12H23NO3. The summed E-state index contributed by atoms with van der Waals surface area (Å²) in [4.78, 5) is 11.3. The van der Waals surface area contributed by atoms with Gasteiger partial charge in [0.25, 0.3) is 0 Å². The fourth-order valence-electron chi connectivity index (χ4n) is 0.980. The van der Waals surface area contributed by atoms with Crippen LogP contribution in [-0.2, 0) is 9.53 Å². The third kappa shape index (κ3) is 4.77. The van der Waals surface area contributed by atoms with E-state index in [9.17, 15) is 9.90 Å². The van der Waals surface area contributed by atoms with Gasteiger partial charge in [-0.25, -0.2) is 4.79 Å². The first kappa shape index (κ1) is 15.1. The van der Waals surface area contributed by atoms with E-state index in [1.165, 1.54) is 0 Å². The molecule has 0 amide bonds. The molecule has 0 heterocycles. The van der Waals surface area contributed by atoms with Crippen LogP contribution in [-0.4, -0.2) is 28.9 Å². The zero-order valence-corrected chi connectivity index (χ0v) is 10.8. The van der Waals surface area contributed by atoms with E-state index >= 15 is 0 Å². The smallest absolute Gasteiger partial charge is 0.334 e. The molecule has 0 saturated heterocycles. The summed E-state index contributed by atoms with van der Waals surface area (Å²) in [5.74, 6) is -0.416. The summed E-state index contributed by atoms with van der Waals surface area (Å²) in [5, 5.41) is 12.6. The van der Waals surface area contributed by atoms with Gasteiger partial charge in [0.2, 0.25) is 0 Å². The molecule has 0 saturated carbocycles. The van der Waals surface area contributed by atoms with E-state index in [-0.39, 0.29) is 0 Å². The summed E-state index contributed by atoms with van der Waals surface area (Å²) in [5.41, 5.74) is -0.133. The fourth-order valence-corrected chi connectivity index (χ4v) is 0.980. The van der Waals surface area contributed by atoms with Gasteiger partial charge in [0.15, 0.2) is 6.23 Å². The fraction of sp³-hybridized carbons (Fsp3) is 0.750. The molecule has 0 aliphatic rings. The van der Waals surface area contributed by atoms with Crippen molar-refractivity contribution in [3.8, 4) is 0 Å². The van der Waals surface area contributed by atoms with E-state index < -0.39 is 23.8 Å². The van der Waals surface area contributed by atoms with Crippen LogP contribution in [0.15, 0.2) is 12.2 Å². The lowest BCUT2D eigenvalue weighted by Gasteiger charge is -2.33. The van der Waals surface area contributed by atoms with Gasteiger partial charge in [-0.05, 0) is 34.1 Å². The molecule has 94 valence electrons. The number of esters is 1. The Morgan fingerprint density at radius 1 is 1.56 bits per heavy atom. The normalized spacial score (nSPS) is 15.4. The largest absolute Gasteiger partial charge is 0.443 e. The third-order valence-corrected chi connectivity index (χ3v) is 2.55. The van der Waals surface area contributed by atoms with Crippen molar-refractivity contribution in [1.82, 2.24) is 5.32 Å². The molecule has 4 nitrogen and oxygen atoms in total. The standard InChI is InChI=1S/C12H23NO3/c1-7-10(16-11(15)8(2)3)13-12(5,6)9(4)14/h9-10,13-14H,2,7H2,1,3-6H3. The Morgan fingerprint density at radius 2 is 2.06 bits per heavy atom. The van der Waals surface area contributed by atoms with Crippen molar-refractivity contribution in [2.24, 2.45) is 0 Å². The summed E-state index contributed by atoms with van der Waals surface area (Å²) in [7, 11) is 0. The summed E-state index contributed by atoms with van der Waals surface area (Å²) in [6.07, 6.45) is -0.311. The predicted molar refractivity (Wildman–Crippen MR) is 63.9 cm³/mol. The van der Waals surface area contributed by atoms with Gasteiger partial charge in [-0.15, -0.1) is 0 Å². The van der Waals surface area contributed by atoms with Crippen molar-refractivity contribution in [2.75, 3.05) is 0 Å². The maximum atomic E-state index is 11.3. The summed E-state index contributed by atoms with van der Waals surface area (Å²) >= 11 is 0. The number of aliphatic hydroxyl groups excluding tert-OH is 1. The van der Waals surface area contributed by atoms with Gasteiger partial charge in [0, 0.05) is 11.1 Å². The highest BCUT2D eigenvalue weighted by Gasteiger charge is 2.28. The molecule has 0 aromatic carbocycles. The molecule has 2 atom stereocenters. The molecule has 0 rings (SSSR count). The van der Waals surface area contributed by atoms with Gasteiger partial charge in [0.1, 0.15) is 0 Å². The van der Waals surface area contributed by atoms with Crippen LogP contribution < -0.4 is 5.32 Å². The molecule has 0 bridgehead atoms. The van der Waals surface area contributed by atoms with Gasteiger partial charge in [-0.1, -0.05) is 13.5 Å². The van der Waals surface area contributed by atoms with Crippen LogP contribution in [0.25, 0.3) is 0 Å². The van der Waals surface area contributed by atoms with Crippen molar-refractivity contribution in [2.45, 2.75) is 58.9 Å². The number of hydrogen-bond donors (Lipinski definition) is 2. The second-order valence-corrected chi connectivity index (χ2v) is 4.62. The van der Waals surface area contributed by atoms with Gasteiger partial charge >= 0.3 is 5.97 Å². The minimum atomic E-state index is -0.537. The van der Waals surface area contributed by atoms with Gasteiger partial charge < -0.3 is 9.84 Å². The van der Waals surface area contributed by atoms with Crippen LogP contribution in [0.1, 0.15) is 41.0 Å². The first-order valence-electron chi connectivity index (χ1n) is 5.53. The van der Waals surface area contributed by atoms with Crippen LogP contribution in [0.4, 0.5) is 0 Å². The van der Waals surface area contributed by atoms with Crippen LogP contribution in [0.3, 0.4) is 0 Å². The summed E-state index contributed by atoms with van der Waals surface area (Å²) in [6, 6.07) is 0. The second kappa shape index (κ2) is 6.01. The van der Waals surface area contributed by atoms with E-state index in [4.69, 9.17) is 4.74 Å². The lowest BCUT2D eigenvalue weighted by atomic mass is 9.98. The van der Waals surface area contributed by atoms with Gasteiger partial charge in [-0.3, -0.25) is 5.32 Å². The number of rotatable bonds is 6. The SMILES string of the molecule is C=C(C)C(=O)OC(CC)NC(C)(C)C(C)O. The van der Waals surface area contributed by atoms with E-state index in [2.05, 4.69) is 11.9 Å². The van der Waals surface area contributed by atoms with E-state index in [0.717, 1.165) is 0 Å². The zero-order chi connectivity index (χ0) is 12.9. The van der Waals surface area contributed by atoms with Crippen LogP contribution in [0.5, 0.6) is 0 Å². The predicted octanol–water partition coefficient (Wildman–Crippen LogP) is 1.59. The Morgan fingerprint density at radius 3 is 2.38 bits per heavy atom. The highest BCUT2D eigenvalue weighted by Crippen LogP contribution is 2.12. The van der Waals surface area contributed by atoms with Crippen LogP contribution >= 0.6 is 0 Å². The Balaban J connectivity index is 4.42. The van der Waals surface area contributed by atoms with Gasteiger partial charge in [0.05, 0.1) is 6.10 Å². The number of hydrogen-bond acceptors (Lipinski definition) is 4. The molecule has 0 fully saturated rings. The molecule has 0 aromatic heterocycles. The zero-order valence-electron chi connectivity index (χ0n) is 10.8. The molecule has 4 heteroatoms. The monoisotopic (exact) mass is 229 g/mol. The lowest BCUT2D eigenvalue weighted by molar-refractivity contribution is -0.147. The summed E-state index contributed by atoms with van der Waals surface area (Å²) in [6.45, 7) is 12.4. The molecule has 2 unspecified atom stereocenters. The minimum absolute atomic E-state index is 0.370. The first-order valence-corrected chi connectivity index (χ1v) is 5.53. The Labute approximate surface area is 97.7 Å². The highest BCUT2D eigenvalue weighted by atomic mass is 16.6. The lowest BCUT2D eigenvalue weighted by Crippen LogP contribution is -2.53. The molecular weight excluding hydrogens is 206 g/mol. The Hall–Kier alpha value is -0.870. The molecule has 0 radical (unpaired) electrons. The number of carbonyl (C=O) groups is 1. The quantitative estimate of drug-likeness (QED) is 0.412. The average Bonchev–Trinajstić information content (AvgIpc) is 2.15. The topological polar surface area (TPSA) is 58.6 Å². The first-order chi connectivity index (χ1) is 7.20. The van der Waals surface area contributed by atoms with Crippen LogP contribution in [0.2, 0.25) is 0 Å². The van der Waals surface area contributed by atoms with Crippen molar-refractivity contribution in [3.63, 3.8) is 0 Å². The molecule has 2 N–H and O–H groups in total. The molecule has 0 spiro atoms. The number of carbonyl (C=O) groups excluding carboxylic acids is 1. The number of nitrogens with one attached hydrogen (secondary N) is 1. The second-order valence-electron chi connectivity index (χ2n) is 4.62. The van der Waals surface area contributed by atoms with Crippen molar-refractivity contribution in [3.05, 3.63) is 12.2 Å². The Bertz CT molecular complexity index is 259. The van der Waals surface area contributed by atoms with Crippen molar-refractivity contribution < 1.29 is 14.6 Å². The maximum Gasteiger partial charge on any atom is 0.334 e. The molecule has 16 heavy (non-hydrogen) atoms. The number of ether oxygens (including phenoxy) is 1. The van der Waals surface area contributed by atoms with Crippen LogP contribution in [0, 0.1) is 0 Å². The van der Waals surface area contributed by atoms with Crippen molar-refractivity contribution in [1.29, 1.82) is 0 Å². The Kier molecular flexibility index (Phi) is 5.68. The highest BCUT2D eigenvalue weighted by molar-refractivity contribution is 5.87. The van der Waals surface area contributed by atoms with Gasteiger partial charge in [-0.2, -0.15) is 0 Å². The third-order valence-electron chi connectivity index (χ3n) is 2.55.